The van der Waals surface area contributed by atoms with E-state index in [1.165, 1.54) is 0 Å². The van der Waals surface area contributed by atoms with Crippen LogP contribution in [-0.4, -0.2) is 5.11 Å². The molecule has 1 aromatic carbocycles. The molecule has 0 spiro atoms. The van der Waals surface area contributed by atoms with Crippen molar-refractivity contribution in [2.24, 2.45) is 5.41 Å². The predicted octanol–water partition coefficient (Wildman–Crippen LogP) is 5.45. The Morgan fingerprint density at radius 1 is 1.05 bits per heavy atom. The van der Waals surface area contributed by atoms with Crippen molar-refractivity contribution >= 4 is 0 Å². The van der Waals surface area contributed by atoms with Crippen LogP contribution in [0, 0.1) is 5.41 Å². The first-order valence-electron chi connectivity index (χ1n) is 7.55. The van der Waals surface area contributed by atoms with Gasteiger partial charge in [-0.25, -0.2) is 0 Å². The Morgan fingerprint density at radius 2 is 1.68 bits per heavy atom. The molecule has 1 nitrogen and oxygen atoms in total. The fourth-order valence-electron chi connectivity index (χ4n) is 2.68. The summed E-state index contributed by atoms with van der Waals surface area (Å²) in [6.07, 6.45) is 4.29. The number of benzene rings is 1. The summed E-state index contributed by atoms with van der Waals surface area (Å²) >= 11 is 0. The lowest BCUT2D eigenvalue weighted by atomic mass is 9.77. The zero-order chi connectivity index (χ0) is 14.7. The number of aromatic hydroxyl groups is 1. The van der Waals surface area contributed by atoms with Crippen molar-refractivity contribution in [3.63, 3.8) is 0 Å². The third-order valence-corrected chi connectivity index (χ3v) is 4.35. The molecule has 1 rings (SSSR count). The standard InChI is InChI=1S/C18H30O/c1-7-12-18(5,6)15-11-9-10-14(16(15)19)13-17(3,4)8-2/h9-11,19H,7-8,12-13H2,1-6H3. The summed E-state index contributed by atoms with van der Waals surface area (Å²) in [6.45, 7) is 13.4. The molecule has 0 saturated carbocycles. The van der Waals surface area contributed by atoms with E-state index in [4.69, 9.17) is 0 Å². The predicted molar refractivity (Wildman–Crippen MR) is 83.8 cm³/mol. The molecule has 0 unspecified atom stereocenters. The Hall–Kier alpha value is -0.980. The highest BCUT2D eigenvalue weighted by Crippen LogP contribution is 2.39. The van der Waals surface area contributed by atoms with Crippen LogP contribution in [0.25, 0.3) is 0 Å². The molecule has 1 heteroatoms. The zero-order valence-electron chi connectivity index (χ0n) is 13.5. The van der Waals surface area contributed by atoms with Gasteiger partial charge in [0.1, 0.15) is 5.75 Å². The van der Waals surface area contributed by atoms with Crippen LogP contribution in [-0.2, 0) is 11.8 Å². The van der Waals surface area contributed by atoms with Crippen molar-refractivity contribution in [3.8, 4) is 5.75 Å². The highest BCUT2D eigenvalue weighted by Gasteiger charge is 2.25. The first-order valence-corrected chi connectivity index (χ1v) is 7.55. The molecular weight excluding hydrogens is 232 g/mol. The SMILES string of the molecule is CCCC(C)(C)c1cccc(CC(C)(C)CC)c1O. The highest BCUT2D eigenvalue weighted by atomic mass is 16.3. The van der Waals surface area contributed by atoms with E-state index >= 15 is 0 Å². The number of hydrogen-bond acceptors (Lipinski definition) is 1. The maximum absolute atomic E-state index is 10.6. The highest BCUT2D eigenvalue weighted by molar-refractivity contribution is 5.44. The summed E-state index contributed by atoms with van der Waals surface area (Å²) in [7, 11) is 0. The van der Waals surface area contributed by atoms with Crippen molar-refractivity contribution < 1.29 is 5.11 Å². The second-order valence-electron chi connectivity index (χ2n) is 7.14. The zero-order valence-corrected chi connectivity index (χ0v) is 13.5. The Bertz CT molecular complexity index is 416. The average Bonchev–Trinajstić information content (AvgIpc) is 2.31. The van der Waals surface area contributed by atoms with E-state index in [2.05, 4.69) is 59.7 Å². The monoisotopic (exact) mass is 262 g/mol. The van der Waals surface area contributed by atoms with Gasteiger partial charge in [0.05, 0.1) is 0 Å². The minimum Gasteiger partial charge on any atom is -0.507 e. The molecule has 1 aromatic rings. The van der Waals surface area contributed by atoms with E-state index < -0.39 is 0 Å². The van der Waals surface area contributed by atoms with Gasteiger partial charge in [-0.3, -0.25) is 0 Å². The first kappa shape index (κ1) is 16.1. The lowest BCUT2D eigenvalue weighted by Crippen LogP contribution is -2.19. The van der Waals surface area contributed by atoms with Crippen molar-refractivity contribution in [2.45, 2.75) is 72.6 Å². The summed E-state index contributed by atoms with van der Waals surface area (Å²) in [6, 6.07) is 6.24. The molecular formula is C18H30O. The number of hydrogen-bond donors (Lipinski definition) is 1. The molecule has 0 aliphatic heterocycles. The van der Waals surface area contributed by atoms with Crippen LogP contribution >= 0.6 is 0 Å². The van der Waals surface area contributed by atoms with Gasteiger partial charge in [0, 0.05) is 0 Å². The summed E-state index contributed by atoms with van der Waals surface area (Å²) in [5.74, 6) is 0.516. The molecule has 0 radical (unpaired) electrons. The van der Waals surface area contributed by atoms with E-state index in [9.17, 15) is 5.11 Å². The largest absolute Gasteiger partial charge is 0.507 e. The van der Waals surface area contributed by atoms with Crippen LogP contribution in [0.15, 0.2) is 18.2 Å². The maximum Gasteiger partial charge on any atom is 0.122 e. The molecule has 0 heterocycles. The second-order valence-corrected chi connectivity index (χ2v) is 7.14. The Balaban J connectivity index is 3.12. The smallest absolute Gasteiger partial charge is 0.122 e. The molecule has 0 saturated heterocycles. The molecule has 19 heavy (non-hydrogen) atoms. The van der Waals surface area contributed by atoms with Gasteiger partial charge in [-0.15, -0.1) is 0 Å². The Kier molecular flexibility index (Phi) is 5.06. The van der Waals surface area contributed by atoms with Crippen molar-refractivity contribution in [3.05, 3.63) is 29.3 Å². The molecule has 0 bridgehead atoms. The van der Waals surface area contributed by atoms with Gasteiger partial charge in [0.2, 0.25) is 0 Å². The minimum atomic E-state index is 0.0468. The normalized spacial score (nSPS) is 12.7. The number of phenols is 1. The third-order valence-electron chi connectivity index (χ3n) is 4.35. The van der Waals surface area contributed by atoms with E-state index in [1.54, 1.807) is 0 Å². The van der Waals surface area contributed by atoms with Crippen LogP contribution in [0.1, 0.15) is 71.9 Å². The van der Waals surface area contributed by atoms with E-state index in [-0.39, 0.29) is 10.8 Å². The van der Waals surface area contributed by atoms with E-state index in [0.717, 1.165) is 36.8 Å². The molecule has 0 aliphatic carbocycles. The minimum absolute atomic E-state index is 0.0468. The summed E-state index contributed by atoms with van der Waals surface area (Å²) in [4.78, 5) is 0. The topological polar surface area (TPSA) is 20.2 Å². The Labute approximate surface area is 119 Å². The van der Waals surface area contributed by atoms with Crippen LogP contribution in [0.2, 0.25) is 0 Å². The van der Waals surface area contributed by atoms with Crippen LogP contribution in [0.4, 0.5) is 0 Å². The maximum atomic E-state index is 10.6. The number of rotatable bonds is 6. The quantitative estimate of drug-likeness (QED) is 0.723. The van der Waals surface area contributed by atoms with Crippen molar-refractivity contribution in [1.82, 2.24) is 0 Å². The van der Waals surface area contributed by atoms with Crippen molar-refractivity contribution in [1.29, 1.82) is 0 Å². The second kappa shape index (κ2) is 5.98. The molecule has 0 aliphatic rings. The lowest BCUT2D eigenvalue weighted by molar-refractivity contribution is 0.338. The molecule has 0 fully saturated rings. The van der Waals surface area contributed by atoms with Gasteiger partial charge < -0.3 is 5.11 Å². The summed E-state index contributed by atoms with van der Waals surface area (Å²) in [5.41, 5.74) is 2.48. The van der Waals surface area contributed by atoms with Gasteiger partial charge in [-0.1, -0.05) is 72.6 Å². The lowest BCUT2D eigenvalue weighted by Gasteiger charge is -2.28. The Morgan fingerprint density at radius 3 is 2.21 bits per heavy atom. The molecule has 1 N–H and O–H groups in total. The van der Waals surface area contributed by atoms with Crippen LogP contribution < -0.4 is 0 Å². The first-order chi connectivity index (χ1) is 8.73. The van der Waals surface area contributed by atoms with Gasteiger partial charge in [0.25, 0.3) is 0 Å². The fraction of sp³-hybridized carbons (Fsp3) is 0.667. The summed E-state index contributed by atoms with van der Waals surface area (Å²) in [5, 5.41) is 10.6. The number of phenolic OH excluding ortho intramolecular Hbond substituents is 1. The number of para-hydroxylation sites is 1. The van der Waals surface area contributed by atoms with Crippen molar-refractivity contribution in [2.75, 3.05) is 0 Å². The van der Waals surface area contributed by atoms with Gasteiger partial charge in [-0.2, -0.15) is 0 Å². The molecule has 0 amide bonds. The van der Waals surface area contributed by atoms with E-state index in [0.29, 0.717) is 5.75 Å². The molecule has 0 atom stereocenters. The fourth-order valence-corrected chi connectivity index (χ4v) is 2.68. The van der Waals surface area contributed by atoms with Crippen LogP contribution in [0.5, 0.6) is 5.75 Å². The molecule has 0 aromatic heterocycles. The average molecular weight is 262 g/mol. The third kappa shape index (κ3) is 3.99. The molecule has 108 valence electrons. The summed E-state index contributed by atoms with van der Waals surface area (Å²) < 4.78 is 0. The van der Waals surface area contributed by atoms with Gasteiger partial charge in [-0.05, 0) is 34.8 Å². The van der Waals surface area contributed by atoms with Gasteiger partial charge in [0.15, 0.2) is 0 Å². The van der Waals surface area contributed by atoms with Crippen LogP contribution in [0.3, 0.4) is 0 Å². The van der Waals surface area contributed by atoms with Gasteiger partial charge >= 0.3 is 0 Å². The van der Waals surface area contributed by atoms with E-state index in [1.807, 2.05) is 0 Å².